The molecule has 3 nitrogen and oxygen atoms in total. The predicted molar refractivity (Wildman–Crippen MR) is 54.7 cm³/mol. The minimum Gasteiger partial charge on any atom is -0.374 e. The SMILES string of the molecule is CCC(C)CN1CCOC(CN)C1. The molecule has 3 heteroatoms. The van der Waals surface area contributed by atoms with Crippen LogP contribution >= 0.6 is 0 Å². The summed E-state index contributed by atoms with van der Waals surface area (Å²) in [7, 11) is 0. The van der Waals surface area contributed by atoms with Crippen molar-refractivity contribution in [3.63, 3.8) is 0 Å². The molecular weight excluding hydrogens is 164 g/mol. The maximum Gasteiger partial charge on any atom is 0.0824 e. The molecule has 2 atom stereocenters. The molecule has 13 heavy (non-hydrogen) atoms. The fourth-order valence-electron chi connectivity index (χ4n) is 1.66. The maximum atomic E-state index is 5.58. The monoisotopic (exact) mass is 186 g/mol. The predicted octanol–water partition coefficient (Wildman–Crippen LogP) is 0.692. The highest BCUT2D eigenvalue weighted by atomic mass is 16.5. The van der Waals surface area contributed by atoms with Gasteiger partial charge in [0.05, 0.1) is 12.7 Å². The third kappa shape index (κ3) is 3.63. The van der Waals surface area contributed by atoms with Gasteiger partial charge in [0, 0.05) is 26.2 Å². The maximum absolute atomic E-state index is 5.58. The van der Waals surface area contributed by atoms with Crippen LogP contribution in [0, 0.1) is 5.92 Å². The summed E-state index contributed by atoms with van der Waals surface area (Å²) in [4.78, 5) is 2.47. The summed E-state index contributed by atoms with van der Waals surface area (Å²) in [6.07, 6.45) is 1.52. The zero-order valence-electron chi connectivity index (χ0n) is 8.83. The lowest BCUT2D eigenvalue weighted by Gasteiger charge is -2.33. The molecular formula is C10H22N2O. The van der Waals surface area contributed by atoms with Gasteiger partial charge in [-0.3, -0.25) is 4.90 Å². The van der Waals surface area contributed by atoms with Gasteiger partial charge in [-0.25, -0.2) is 0 Å². The van der Waals surface area contributed by atoms with E-state index in [1.54, 1.807) is 0 Å². The van der Waals surface area contributed by atoms with Gasteiger partial charge in [-0.15, -0.1) is 0 Å². The van der Waals surface area contributed by atoms with Crippen molar-refractivity contribution in [3.05, 3.63) is 0 Å². The Morgan fingerprint density at radius 1 is 1.62 bits per heavy atom. The van der Waals surface area contributed by atoms with E-state index >= 15 is 0 Å². The molecule has 1 fully saturated rings. The number of hydrogen-bond acceptors (Lipinski definition) is 3. The largest absolute Gasteiger partial charge is 0.374 e. The summed E-state index contributed by atoms with van der Waals surface area (Å²) >= 11 is 0. The topological polar surface area (TPSA) is 38.5 Å². The van der Waals surface area contributed by atoms with E-state index in [9.17, 15) is 0 Å². The fraction of sp³-hybridized carbons (Fsp3) is 1.00. The van der Waals surface area contributed by atoms with Gasteiger partial charge >= 0.3 is 0 Å². The van der Waals surface area contributed by atoms with Crippen molar-refractivity contribution >= 4 is 0 Å². The Hall–Kier alpha value is -0.120. The summed E-state index contributed by atoms with van der Waals surface area (Å²) in [6, 6.07) is 0. The minimum atomic E-state index is 0.262. The molecule has 2 unspecified atom stereocenters. The average Bonchev–Trinajstić information content (AvgIpc) is 2.18. The molecule has 1 heterocycles. The number of rotatable bonds is 4. The molecule has 0 radical (unpaired) electrons. The quantitative estimate of drug-likeness (QED) is 0.702. The van der Waals surface area contributed by atoms with E-state index in [-0.39, 0.29) is 6.10 Å². The smallest absolute Gasteiger partial charge is 0.0824 e. The summed E-state index contributed by atoms with van der Waals surface area (Å²) < 4.78 is 5.51. The van der Waals surface area contributed by atoms with E-state index < -0.39 is 0 Å². The second-order valence-electron chi connectivity index (χ2n) is 4.00. The summed E-state index contributed by atoms with van der Waals surface area (Å²) in [5.74, 6) is 0.788. The highest BCUT2D eigenvalue weighted by Crippen LogP contribution is 2.09. The Balaban J connectivity index is 2.25. The zero-order chi connectivity index (χ0) is 9.68. The lowest BCUT2D eigenvalue weighted by molar-refractivity contribution is -0.0271. The van der Waals surface area contributed by atoms with Crippen molar-refractivity contribution in [3.8, 4) is 0 Å². The van der Waals surface area contributed by atoms with Crippen molar-refractivity contribution < 1.29 is 4.74 Å². The summed E-state index contributed by atoms with van der Waals surface area (Å²) in [6.45, 7) is 9.31. The molecule has 0 aromatic heterocycles. The second kappa shape index (κ2) is 5.58. The van der Waals surface area contributed by atoms with E-state index in [4.69, 9.17) is 10.5 Å². The minimum absolute atomic E-state index is 0.262. The first-order chi connectivity index (χ1) is 6.26. The third-order valence-corrected chi connectivity index (χ3v) is 2.75. The van der Waals surface area contributed by atoms with Gasteiger partial charge in [0.25, 0.3) is 0 Å². The molecule has 0 aromatic rings. The Bertz CT molecular complexity index is 139. The molecule has 0 amide bonds. The van der Waals surface area contributed by atoms with Crippen molar-refractivity contribution in [1.29, 1.82) is 0 Å². The van der Waals surface area contributed by atoms with Crippen LogP contribution in [0.1, 0.15) is 20.3 Å². The van der Waals surface area contributed by atoms with E-state index in [2.05, 4.69) is 18.7 Å². The van der Waals surface area contributed by atoms with Crippen LogP contribution in [-0.4, -0.2) is 43.8 Å². The van der Waals surface area contributed by atoms with E-state index in [0.29, 0.717) is 6.54 Å². The summed E-state index contributed by atoms with van der Waals surface area (Å²) in [5.41, 5.74) is 5.58. The molecule has 0 saturated carbocycles. The molecule has 2 N–H and O–H groups in total. The molecule has 1 rings (SSSR count). The molecule has 78 valence electrons. The number of hydrogen-bond donors (Lipinski definition) is 1. The van der Waals surface area contributed by atoms with Gasteiger partial charge in [0.2, 0.25) is 0 Å². The van der Waals surface area contributed by atoms with Gasteiger partial charge in [0.1, 0.15) is 0 Å². The van der Waals surface area contributed by atoms with Crippen molar-refractivity contribution in [2.75, 3.05) is 32.8 Å². The van der Waals surface area contributed by atoms with Gasteiger partial charge in [-0.1, -0.05) is 20.3 Å². The molecule has 0 bridgehead atoms. The molecule has 0 aromatic carbocycles. The molecule has 1 aliphatic rings. The van der Waals surface area contributed by atoms with Gasteiger partial charge in [0.15, 0.2) is 0 Å². The number of morpholine rings is 1. The lowest BCUT2D eigenvalue weighted by Crippen LogP contribution is -2.46. The van der Waals surface area contributed by atoms with Crippen LogP contribution in [0.3, 0.4) is 0 Å². The zero-order valence-corrected chi connectivity index (χ0v) is 8.83. The second-order valence-corrected chi connectivity index (χ2v) is 4.00. The molecule has 1 saturated heterocycles. The Kier molecular flexibility index (Phi) is 4.70. The number of nitrogens with two attached hydrogens (primary N) is 1. The summed E-state index contributed by atoms with van der Waals surface area (Å²) in [5, 5.41) is 0. The van der Waals surface area contributed by atoms with E-state index in [0.717, 1.165) is 25.6 Å². The van der Waals surface area contributed by atoms with Crippen LogP contribution in [0.2, 0.25) is 0 Å². The van der Waals surface area contributed by atoms with Crippen LogP contribution in [0.25, 0.3) is 0 Å². The van der Waals surface area contributed by atoms with Crippen LogP contribution in [0.5, 0.6) is 0 Å². The first-order valence-corrected chi connectivity index (χ1v) is 5.30. The van der Waals surface area contributed by atoms with Crippen LogP contribution in [0.4, 0.5) is 0 Å². The normalized spacial score (nSPS) is 27.5. The first kappa shape index (κ1) is 11.0. The van der Waals surface area contributed by atoms with Crippen LogP contribution in [-0.2, 0) is 4.74 Å². The van der Waals surface area contributed by atoms with E-state index in [1.807, 2.05) is 0 Å². The molecule has 1 aliphatic heterocycles. The van der Waals surface area contributed by atoms with Crippen molar-refractivity contribution in [2.24, 2.45) is 11.7 Å². The highest BCUT2D eigenvalue weighted by molar-refractivity contribution is 4.73. The fourth-order valence-corrected chi connectivity index (χ4v) is 1.66. The van der Waals surface area contributed by atoms with Gasteiger partial charge in [-0.2, -0.15) is 0 Å². The van der Waals surface area contributed by atoms with Gasteiger partial charge < -0.3 is 10.5 Å². The van der Waals surface area contributed by atoms with E-state index in [1.165, 1.54) is 13.0 Å². The number of ether oxygens (including phenoxy) is 1. The molecule has 0 spiro atoms. The third-order valence-electron chi connectivity index (χ3n) is 2.75. The standard InChI is InChI=1S/C10H22N2O/c1-3-9(2)7-12-4-5-13-10(6-11)8-12/h9-10H,3-8,11H2,1-2H3. The Morgan fingerprint density at radius 2 is 2.38 bits per heavy atom. The highest BCUT2D eigenvalue weighted by Gasteiger charge is 2.19. The van der Waals surface area contributed by atoms with Crippen LogP contribution in [0.15, 0.2) is 0 Å². The van der Waals surface area contributed by atoms with Crippen molar-refractivity contribution in [2.45, 2.75) is 26.4 Å². The molecule has 0 aliphatic carbocycles. The number of nitrogens with zero attached hydrogens (tertiary/aromatic N) is 1. The Morgan fingerprint density at radius 3 is 3.00 bits per heavy atom. The van der Waals surface area contributed by atoms with Crippen molar-refractivity contribution in [1.82, 2.24) is 4.90 Å². The lowest BCUT2D eigenvalue weighted by atomic mass is 10.1. The van der Waals surface area contributed by atoms with Crippen LogP contribution < -0.4 is 5.73 Å². The van der Waals surface area contributed by atoms with Gasteiger partial charge in [-0.05, 0) is 5.92 Å². The first-order valence-electron chi connectivity index (χ1n) is 5.30. The Labute approximate surface area is 81.2 Å². The average molecular weight is 186 g/mol.